The van der Waals surface area contributed by atoms with Crippen LogP contribution in [0.4, 0.5) is 0 Å². The summed E-state index contributed by atoms with van der Waals surface area (Å²) in [6, 6.07) is 0. The number of aliphatic imine (C=N–C) groups is 1. The molecule has 0 aromatic rings. The molecule has 0 radical (unpaired) electrons. The van der Waals surface area contributed by atoms with Crippen LogP contribution in [0.1, 0.15) is 44.9 Å². The van der Waals surface area contributed by atoms with Gasteiger partial charge in [0.2, 0.25) is 0 Å². The van der Waals surface area contributed by atoms with E-state index in [1.54, 1.807) is 0 Å². The molecule has 2 saturated heterocycles. The van der Waals surface area contributed by atoms with E-state index in [9.17, 15) is 0 Å². The zero-order chi connectivity index (χ0) is 13.5. The summed E-state index contributed by atoms with van der Waals surface area (Å²) in [5.41, 5.74) is 6.12. The molecule has 4 nitrogen and oxygen atoms in total. The average Bonchev–Trinajstić information content (AvgIpc) is 2.70. The van der Waals surface area contributed by atoms with Crippen molar-refractivity contribution in [3.05, 3.63) is 0 Å². The SMILES string of the molecule is CN1CCC(CCN=C(N)N2CCCCCC2)CC1.I. The Kier molecular flexibility index (Phi) is 8.84. The summed E-state index contributed by atoms with van der Waals surface area (Å²) in [5, 5.41) is 0. The largest absolute Gasteiger partial charge is 0.370 e. The van der Waals surface area contributed by atoms with Gasteiger partial charge in [0.15, 0.2) is 5.96 Å². The van der Waals surface area contributed by atoms with Gasteiger partial charge < -0.3 is 15.5 Å². The zero-order valence-corrected chi connectivity index (χ0v) is 15.2. The Morgan fingerprint density at radius 3 is 2.25 bits per heavy atom. The summed E-state index contributed by atoms with van der Waals surface area (Å²) < 4.78 is 0. The van der Waals surface area contributed by atoms with Gasteiger partial charge in [-0.05, 0) is 58.2 Å². The summed E-state index contributed by atoms with van der Waals surface area (Å²) in [7, 11) is 2.21. The lowest BCUT2D eigenvalue weighted by Gasteiger charge is -2.28. The molecular formula is C15H31IN4. The number of hydrogen-bond acceptors (Lipinski definition) is 2. The van der Waals surface area contributed by atoms with E-state index < -0.39 is 0 Å². The average molecular weight is 394 g/mol. The molecule has 0 aromatic heterocycles. The number of hydrogen-bond donors (Lipinski definition) is 1. The van der Waals surface area contributed by atoms with Gasteiger partial charge in [0.25, 0.3) is 0 Å². The first-order valence-electron chi connectivity index (χ1n) is 7.99. The summed E-state index contributed by atoms with van der Waals surface area (Å²) >= 11 is 0. The number of rotatable bonds is 3. The lowest BCUT2D eigenvalue weighted by molar-refractivity contribution is 0.214. The lowest BCUT2D eigenvalue weighted by Crippen LogP contribution is -2.38. The molecule has 0 saturated carbocycles. The first kappa shape index (κ1) is 18.0. The summed E-state index contributed by atoms with van der Waals surface area (Å²) in [5.74, 6) is 1.65. The fourth-order valence-electron chi connectivity index (χ4n) is 3.11. The maximum Gasteiger partial charge on any atom is 0.191 e. The second-order valence-electron chi connectivity index (χ2n) is 6.18. The molecule has 0 spiro atoms. The molecule has 2 rings (SSSR count). The van der Waals surface area contributed by atoms with E-state index >= 15 is 0 Å². The Balaban J connectivity index is 0.00000200. The van der Waals surface area contributed by atoms with Crippen LogP contribution >= 0.6 is 24.0 Å². The normalized spacial score (nSPS) is 23.2. The Bertz CT molecular complexity index is 280. The molecule has 0 bridgehead atoms. The van der Waals surface area contributed by atoms with Crippen molar-refractivity contribution in [3.8, 4) is 0 Å². The van der Waals surface area contributed by atoms with Crippen molar-refractivity contribution in [2.45, 2.75) is 44.9 Å². The number of nitrogens with two attached hydrogens (primary N) is 1. The highest BCUT2D eigenvalue weighted by molar-refractivity contribution is 14.0. The van der Waals surface area contributed by atoms with Crippen LogP contribution in [0, 0.1) is 5.92 Å². The molecule has 0 unspecified atom stereocenters. The number of likely N-dealkylation sites (tertiary alicyclic amines) is 2. The Morgan fingerprint density at radius 1 is 1.05 bits per heavy atom. The van der Waals surface area contributed by atoms with Crippen molar-refractivity contribution >= 4 is 29.9 Å². The topological polar surface area (TPSA) is 44.9 Å². The summed E-state index contributed by atoms with van der Waals surface area (Å²) in [4.78, 5) is 9.31. The molecule has 118 valence electrons. The standard InChI is InChI=1S/C15H30N4.HI/c1-18-12-7-14(8-13-18)6-9-17-15(16)19-10-4-2-3-5-11-19;/h14H,2-13H2,1H3,(H2,16,17);1H. The number of halogens is 1. The van der Waals surface area contributed by atoms with Gasteiger partial charge in [-0.3, -0.25) is 4.99 Å². The predicted octanol–water partition coefficient (Wildman–Crippen LogP) is 2.53. The van der Waals surface area contributed by atoms with Crippen LogP contribution < -0.4 is 5.73 Å². The highest BCUT2D eigenvalue weighted by atomic mass is 127. The van der Waals surface area contributed by atoms with E-state index in [-0.39, 0.29) is 24.0 Å². The summed E-state index contributed by atoms with van der Waals surface area (Å²) in [6.07, 6.45) is 9.10. The van der Waals surface area contributed by atoms with Crippen LogP contribution in [0.5, 0.6) is 0 Å². The first-order chi connectivity index (χ1) is 9.25. The fourth-order valence-corrected chi connectivity index (χ4v) is 3.11. The minimum atomic E-state index is 0. The molecule has 0 aromatic carbocycles. The maximum absolute atomic E-state index is 6.12. The molecule has 2 heterocycles. The van der Waals surface area contributed by atoms with Crippen molar-refractivity contribution in [2.24, 2.45) is 16.6 Å². The van der Waals surface area contributed by atoms with Gasteiger partial charge in [-0.1, -0.05) is 12.8 Å². The Labute approximate surface area is 141 Å². The molecule has 0 aliphatic carbocycles. The van der Waals surface area contributed by atoms with Crippen LogP contribution in [0.3, 0.4) is 0 Å². The van der Waals surface area contributed by atoms with Crippen LogP contribution in [0.2, 0.25) is 0 Å². The molecule has 2 aliphatic rings. The Hall–Kier alpha value is -0.0400. The van der Waals surface area contributed by atoms with Gasteiger partial charge in [-0.2, -0.15) is 0 Å². The molecule has 5 heteroatoms. The molecule has 2 N–H and O–H groups in total. The second-order valence-corrected chi connectivity index (χ2v) is 6.18. The Morgan fingerprint density at radius 2 is 1.65 bits per heavy atom. The number of piperidine rings is 1. The van der Waals surface area contributed by atoms with E-state index in [1.807, 2.05) is 0 Å². The number of guanidine groups is 1. The molecule has 2 aliphatic heterocycles. The molecule has 20 heavy (non-hydrogen) atoms. The fraction of sp³-hybridized carbons (Fsp3) is 0.933. The van der Waals surface area contributed by atoms with Crippen molar-refractivity contribution in [1.82, 2.24) is 9.80 Å². The highest BCUT2D eigenvalue weighted by Gasteiger charge is 2.16. The zero-order valence-electron chi connectivity index (χ0n) is 12.9. The van der Waals surface area contributed by atoms with Crippen LogP contribution in [0.15, 0.2) is 4.99 Å². The van der Waals surface area contributed by atoms with Gasteiger partial charge >= 0.3 is 0 Å². The first-order valence-corrected chi connectivity index (χ1v) is 7.99. The third-order valence-electron chi connectivity index (χ3n) is 4.58. The molecule has 0 atom stereocenters. The lowest BCUT2D eigenvalue weighted by atomic mass is 9.94. The van der Waals surface area contributed by atoms with E-state index in [0.717, 1.165) is 31.5 Å². The van der Waals surface area contributed by atoms with Gasteiger partial charge in [-0.15, -0.1) is 24.0 Å². The van der Waals surface area contributed by atoms with E-state index in [4.69, 9.17) is 5.73 Å². The van der Waals surface area contributed by atoms with E-state index in [2.05, 4.69) is 21.8 Å². The van der Waals surface area contributed by atoms with E-state index in [0.29, 0.717) is 0 Å². The van der Waals surface area contributed by atoms with Gasteiger partial charge in [-0.25, -0.2) is 0 Å². The van der Waals surface area contributed by atoms with Crippen LogP contribution in [-0.4, -0.2) is 55.5 Å². The van der Waals surface area contributed by atoms with Crippen molar-refractivity contribution in [2.75, 3.05) is 39.8 Å². The van der Waals surface area contributed by atoms with Crippen LogP contribution in [0.25, 0.3) is 0 Å². The molecular weight excluding hydrogens is 363 g/mol. The van der Waals surface area contributed by atoms with E-state index in [1.165, 1.54) is 58.0 Å². The quantitative estimate of drug-likeness (QED) is 0.455. The van der Waals surface area contributed by atoms with Crippen LogP contribution in [-0.2, 0) is 0 Å². The minimum absolute atomic E-state index is 0. The van der Waals surface area contributed by atoms with Crippen molar-refractivity contribution in [1.29, 1.82) is 0 Å². The summed E-state index contributed by atoms with van der Waals surface area (Å²) in [6.45, 7) is 5.61. The maximum atomic E-state index is 6.12. The monoisotopic (exact) mass is 394 g/mol. The number of nitrogens with zero attached hydrogens (tertiary/aromatic N) is 3. The third-order valence-corrected chi connectivity index (χ3v) is 4.58. The van der Waals surface area contributed by atoms with Gasteiger partial charge in [0.1, 0.15) is 0 Å². The predicted molar refractivity (Wildman–Crippen MR) is 96.8 cm³/mol. The molecule has 2 fully saturated rings. The van der Waals surface area contributed by atoms with Gasteiger partial charge in [0, 0.05) is 19.6 Å². The third kappa shape index (κ3) is 6.16. The van der Waals surface area contributed by atoms with Gasteiger partial charge in [0.05, 0.1) is 0 Å². The smallest absolute Gasteiger partial charge is 0.191 e. The van der Waals surface area contributed by atoms with Crippen molar-refractivity contribution in [3.63, 3.8) is 0 Å². The highest BCUT2D eigenvalue weighted by Crippen LogP contribution is 2.19. The van der Waals surface area contributed by atoms with Crippen molar-refractivity contribution < 1.29 is 0 Å². The minimum Gasteiger partial charge on any atom is -0.370 e. The second kappa shape index (κ2) is 9.82. The molecule has 0 amide bonds.